The van der Waals surface area contributed by atoms with Crippen LogP contribution in [-0.4, -0.2) is 24.4 Å². The predicted octanol–water partition coefficient (Wildman–Crippen LogP) is 3.05. The zero-order valence-corrected chi connectivity index (χ0v) is 12.8. The van der Waals surface area contributed by atoms with Crippen LogP contribution in [0, 0.1) is 28.8 Å². The molecule has 0 aliphatic heterocycles. The lowest BCUT2D eigenvalue weighted by molar-refractivity contribution is -0.128. The number of nitrogens with zero attached hydrogens (tertiary/aromatic N) is 2. The maximum atomic E-state index is 13.7. The van der Waals surface area contributed by atoms with Crippen LogP contribution < -0.4 is 5.32 Å². The second-order valence-electron chi connectivity index (χ2n) is 5.15. The highest BCUT2D eigenvalue weighted by Gasteiger charge is 2.13. The van der Waals surface area contributed by atoms with Gasteiger partial charge in [0, 0.05) is 30.9 Å². The fourth-order valence-electron chi connectivity index (χ4n) is 2.03. The Balaban J connectivity index is 1.97. The lowest BCUT2D eigenvalue weighted by Crippen LogP contribution is -2.32. The molecule has 0 heterocycles. The number of amides is 1. The van der Waals surface area contributed by atoms with E-state index in [0.29, 0.717) is 5.56 Å². The van der Waals surface area contributed by atoms with E-state index in [1.807, 2.05) is 6.07 Å². The van der Waals surface area contributed by atoms with Crippen LogP contribution in [0.5, 0.6) is 0 Å². The average molecular weight is 333 g/mol. The van der Waals surface area contributed by atoms with Crippen LogP contribution in [0.1, 0.15) is 11.1 Å². The van der Waals surface area contributed by atoms with Gasteiger partial charge in [-0.05, 0) is 30.3 Å². The fourth-order valence-corrected chi connectivity index (χ4v) is 2.03. The summed E-state index contributed by atoms with van der Waals surface area (Å²) in [7, 11) is 1.48. The van der Waals surface area contributed by atoms with Gasteiger partial charge in [-0.2, -0.15) is 5.26 Å². The number of halogens is 3. The van der Waals surface area contributed by atoms with Crippen LogP contribution in [0.4, 0.5) is 18.9 Å². The molecule has 0 aliphatic carbocycles. The molecule has 2 aromatic carbocycles. The molecule has 1 amide bonds. The van der Waals surface area contributed by atoms with Crippen molar-refractivity contribution in [2.24, 2.45) is 0 Å². The molecule has 124 valence electrons. The molecule has 0 spiro atoms. The number of hydrogen-bond acceptors (Lipinski definition) is 3. The third-order valence-corrected chi connectivity index (χ3v) is 3.37. The molecule has 0 saturated carbocycles. The highest BCUT2D eigenvalue weighted by Crippen LogP contribution is 2.14. The molecule has 0 unspecified atom stereocenters. The van der Waals surface area contributed by atoms with E-state index in [2.05, 4.69) is 5.32 Å². The molecule has 2 aromatic rings. The maximum Gasteiger partial charge on any atom is 0.241 e. The molecule has 2 rings (SSSR count). The van der Waals surface area contributed by atoms with Gasteiger partial charge in [0.2, 0.25) is 5.91 Å². The van der Waals surface area contributed by atoms with Gasteiger partial charge in [-0.1, -0.05) is 0 Å². The second kappa shape index (κ2) is 7.51. The number of nitrogens with one attached hydrogen (secondary N) is 1. The van der Waals surface area contributed by atoms with E-state index < -0.39 is 17.5 Å². The Bertz CT molecular complexity index is 802. The number of carbonyl (C=O) groups excluding carboxylic acids is 1. The molecule has 24 heavy (non-hydrogen) atoms. The first-order valence-electron chi connectivity index (χ1n) is 7.02. The van der Waals surface area contributed by atoms with Crippen molar-refractivity contribution in [2.45, 2.75) is 6.54 Å². The highest BCUT2D eigenvalue weighted by atomic mass is 19.2. The highest BCUT2D eigenvalue weighted by molar-refractivity contribution is 5.80. The minimum absolute atomic E-state index is 0.0142. The van der Waals surface area contributed by atoms with Crippen molar-refractivity contribution in [3.05, 3.63) is 65.0 Å². The van der Waals surface area contributed by atoms with E-state index in [-0.39, 0.29) is 30.2 Å². The maximum absolute atomic E-state index is 13.7. The fraction of sp³-hybridized carbons (Fsp3) is 0.176. The van der Waals surface area contributed by atoms with Crippen LogP contribution in [0.15, 0.2) is 36.4 Å². The molecule has 0 radical (unpaired) electrons. The summed E-state index contributed by atoms with van der Waals surface area (Å²) in [5.41, 5.74) is 0.776. The summed E-state index contributed by atoms with van der Waals surface area (Å²) in [6.45, 7) is -0.180. The Morgan fingerprint density at radius 3 is 2.50 bits per heavy atom. The lowest BCUT2D eigenvalue weighted by atomic mass is 10.1. The molecule has 0 fully saturated rings. The number of hydrogen-bond donors (Lipinski definition) is 1. The minimum Gasteiger partial charge on any atom is -0.376 e. The molecule has 0 saturated heterocycles. The standard InChI is InChI=1S/C17H14F3N3O/c1-23(10-12-6-11(8-21)2-4-14(12)18)17(24)9-22-13-3-5-15(19)16(20)7-13/h2-7,22H,9-10H2,1H3. The first kappa shape index (κ1) is 17.3. The largest absolute Gasteiger partial charge is 0.376 e. The molecular formula is C17H14F3N3O. The van der Waals surface area contributed by atoms with Crippen LogP contribution >= 0.6 is 0 Å². The van der Waals surface area contributed by atoms with E-state index in [9.17, 15) is 18.0 Å². The van der Waals surface area contributed by atoms with Crippen molar-refractivity contribution in [1.29, 1.82) is 5.26 Å². The van der Waals surface area contributed by atoms with Crippen LogP contribution in [0.3, 0.4) is 0 Å². The van der Waals surface area contributed by atoms with Gasteiger partial charge in [0.25, 0.3) is 0 Å². The van der Waals surface area contributed by atoms with Crippen molar-refractivity contribution >= 4 is 11.6 Å². The number of nitriles is 1. The number of anilines is 1. The van der Waals surface area contributed by atoms with Gasteiger partial charge in [-0.25, -0.2) is 13.2 Å². The third kappa shape index (κ3) is 4.26. The molecule has 0 atom stereocenters. The number of benzene rings is 2. The van der Waals surface area contributed by atoms with Gasteiger partial charge in [-0.3, -0.25) is 4.79 Å². The molecular weight excluding hydrogens is 319 g/mol. The minimum atomic E-state index is -1.02. The summed E-state index contributed by atoms with van der Waals surface area (Å²) >= 11 is 0. The zero-order chi connectivity index (χ0) is 17.7. The molecule has 4 nitrogen and oxygen atoms in total. The smallest absolute Gasteiger partial charge is 0.241 e. The molecule has 7 heteroatoms. The summed E-state index contributed by atoms with van der Waals surface area (Å²) in [4.78, 5) is 13.3. The average Bonchev–Trinajstić information content (AvgIpc) is 2.57. The van der Waals surface area contributed by atoms with Crippen LogP contribution in [0.2, 0.25) is 0 Å². The van der Waals surface area contributed by atoms with Crippen molar-refractivity contribution in [3.63, 3.8) is 0 Å². The number of rotatable bonds is 5. The SMILES string of the molecule is CN(Cc1cc(C#N)ccc1F)C(=O)CNc1ccc(F)c(F)c1. The van der Waals surface area contributed by atoms with Crippen molar-refractivity contribution < 1.29 is 18.0 Å². The van der Waals surface area contributed by atoms with Gasteiger partial charge in [0.15, 0.2) is 11.6 Å². The first-order valence-corrected chi connectivity index (χ1v) is 7.02. The van der Waals surface area contributed by atoms with Crippen molar-refractivity contribution in [1.82, 2.24) is 4.90 Å². The van der Waals surface area contributed by atoms with Gasteiger partial charge in [0.05, 0.1) is 18.2 Å². The quantitative estimate of drug-likeness (QED) is 0.915. The van der Waals surface area contributed by atoms with E-state index >= 15 is 0 Å². The number of likely N-dealkylation sites (N-methyl/N-ethyl adjacent to an activating group) is 1. The van der Waals surface area contributed by atoms with Gasteiger partial charge < -0.3 is 10.2 Å². The lowest BCUT2D eigenvalue weighted by Gasteiger charge is -2.18. The molecule has 0 bridgehead atoms. The normalized spacial score (nSPS) is 10.1. The third-order valence-electron chi connectivity index (χ3n) is 3.37. The summed E-state index contributed by atoms with van der Waals surface area (Å²) in [6.07, 6.45) is 0. The van der Waals surface area contributed by atoms with Crippen molar-refractivity contribution in [2.75, 3.05) is 18.9 Å². The summed E-state index contributed by atoms with van der Waals surface area (Å²) < 4.78 is 39.6. The Labute approximate surface area is 137 Å². The van der Waals surface area contributed by atoms with Gasteiger partial charge in [-0.15, -0.1) is 0 Å². The first-order chi connectivity index (χ1) is 11.4. The predicted molar refractivity (Wildman–Crippen MR) is 82.4 cm³/mol. The van der Waals surface area contributed by atoms with Crippen LogP contribution in [-0.2, 0) is 11.3 Å². The van der Waals surface area contributed by atoms with Gasteiger partial charge >= 0.3 is 0 Å². The Kier molecular flexibility index (Phi) is 5.42. The van der Waals surface area contributed by atoms with E-state index in [1.54, 1.807) is 0 Å². The topological polar surface area (TPSA) is 56.1 Å². The Morgan fingerprint density at radius 2 is 1.83 bits per heavy atom. The molecule has 0 aliphatic rings. The van der Waals surface area contributed by atoms with E-state index in [1.165, 1.54) is 36.2 Å². The molecule has 1 N–H and O–H groups in total. The van der Waals surface area contributed by atoms with E-state index in [0.717, 1.165) is 12.1 Å². The second-order valence-corrected chi connectivity index (χ2v) is 5.15. The number of carbonyl (C=O) groups is 1. The van der Waals surface area contributed by atoms with Gasteiger partial charge in [0.1, 0.15) is 5.82 Å². The summed E-state index contributed by atoms with van der Waals surface area (Å²) in [5, 5.41) is 11.5. The Morgan fingerprint density at radius 1 is 1.12 bits per heavy atom. The summed E-state index contributed by atoms with van der Waals surface area (Å²) in [5.74, 6) is -2.88. The molecule has 0 aromatic heterocycles. The summed E-state index contributed by atoms with van der Waals surface area (Å²) in [6, 6.07) is 9.01. The van der Waals surface area contributed by atoms with Crippen LogP contribution in [0.25, 0.3) is 0 Å². The Hall–Kier alpha value is -3.01. The van der Waals surface area contributed by atoms with Crippen molar-refractivity contribution in [3.8, 4) is 6.07 Å². The van der Waals surface area contributed by atoms with E-state index in [4.69, 9.17) is 5.26 Å². The zero-order valence-electron chi connectivity index (χ0n) is 12.8. The monoisotopic (exact) mass is 333 g/mol.